The Labute approximate surface area is 117 Å². The predicted molar refractivity (Wildman–Crippen MR) is 71.6 cm³/mol. The summed E-state index contributed by atoms with van der Waals surface area (Å²) in [7, 11) is 0. The van der Waals surface area contributed by atoms with Crippen molar-refractivity contribution < 1.29 is 13.7 Å². The first-order valence-electron chi connectivity index (χ1n) is 5.96. The van der Waals surface area contributed by atoms with E-state index in [1.165, 1.54) is 6.07 Å². The van der Waals surface area contributed by atoms with Crippen molar-refractivity contribution in [3.63, 3.8) is 0 Å². The molecular formula is C12H13BrF2N2O2. The number of nitro groups is 1. The van der Waals surface area contributed by atoms with Crippen LogP contribution in [0.25, 0.3) is 0 Å². The monoisotopic (exact) mass is 334 g/mol. The average Bonchev–Trinajstić information content (AvgIpc) is 2.31. The molecule has 1 N–H and O–H groups in total. The highest BCUT2D eigenvalue weighted by Gasteiger charge is 2.35. The summed E-state index contributed by atoms with van der Waals surface area (Å²) in [6.45, 7) is 0. The van der Waals surface area contributed by atoms with Gasteiger partial charge in [-0.15, -0.1) is 0 Å². The average molecular weight is 335 g/mol. The molecule has 1 aromatic carbocycles. The summed E-state index contributed by atoms with van der Waals surface area (Å²) in [4.78, 5) is 10.4. The standard InChI is InChI=1S/C12H13BrF2N2O2/c13-8-1-2-11(17(18)19)10(7-8)16-9-3-5-12(14,15)6-4-9/h1-2,7,9,16H,3-6H2. The predicted octanol–water partition coefficient (Wildman–Crippen LogP) is 4.35. The van der Waals surface area contributed by atoms with Crippen molar-refractivity contribution in [2.75, 3.05) is 5.32 Å². The number of rotatable bonds is 3. The summed E-state index contributed by atoms with van der Waals surface area (Å²) in [5, 5.41) is 13.9. The second-order valence-corrected chi connectivity index (χ2v) is 5.61. The van der Waals surface area contributed by atoms with Gasteiger partial charge in [-0.25, -0.2) is 8.78 Å². The Kier molecular flexibility index (Phi) is 4.03. The number of anilines is 1. The van der Waals surface area contributed by atoms with E-state index in [0.29, 0.717) is 23.0 Å². The van der Waals surface area contributed by atoms with Gasteiger partial charge in [0.1, 0.15) is 5.69 Å². The van der Waals surface area contributed by atoms with Gasteiger partial charge in [0.15, 0.2) is 0 Å². The Morgan fingerprint density at radius 2 is 2.00 bits per heavy atom. The van der Waals surface area contributed by atoms with Crippen molar-refractivity contribution in [2.24, 2.45) is 0 Å². The van der Waals surface area contributed by atoms with E-state index < -0.39 is 10.8 Å². The van der Waals surface area contributed by atoms with Crippen LogP contribution in [0.3, 0.4) is 0 Å². The van der Waals surface area contributed by atoms with Gasteiger partial charge < -0.3 is 5.32 Å². The van der Waals surface area contributed by atoms with Crippen molar-refractivity contribution in [3.05, 3.63) is 32.8 Å². The van der Waals surface area contributed by atoms with Crippen molar-refractivity contribution >= 4 is 27.3 Å². The third-order valence-electron chi connectivity index (χ3n) is 3.23. The largest absolute Gasteiger partial charge is 0.377 e. The van der Waals surface area contributed by atoms with Gasteiger partial charge in [-0.3, -0.25) is 10.1 Å². The molecule has 2 rings (SSSR count). The third kappa shape index (κ3) is 3.62. The zero-order valence-corrected chi connectivity index (χ0v) is 11.6. The van der Waals surface area contributed by atoms with Crippen LogP contribution in [0.5, 0.6) is 0 Å². The van der Waals surface area contributed by atoms with Gasteiger partial charge in [0, 0.05) is 29.4 Å². The van der Waals surface area contributed by atoms with Crippen LogP contribution in [0.15, 0.2) is 22.7 Å². The van der Waals surface area contributed by atoms with E-state index in [2.05, 4.69) is 21.2 Å². The van der Waals surface area contributed by atoms with E-state index in [1.54, 1.807) is 12.1 Å². The first-order valence-corrected chi connectivity index (χ1v) is 6.75. The highest BCUT2D eigenvalue weighted by atomic mass is 79.9. The van der Waals surface area contributed by atoms with Gasteiger partial charge in [-0.1, -0.05) is 15.9 Å². The molecule has 0 saturated heterocycles. The van der Waals surface area contributed by atoms with Crippen molar-refractivity contribution in [3.8, 4) is 0 Å². The molecule has 104 valence electrons. The van der Waals surface area contributed by atoms with Gasteiger partial charge in [-0.2, -0.15) is 0 Å². The fourth-order valence-electron chi connectivity index (χ4n) is 2.19. The Balaban J connectivity index is 2.11. The SMILES string of the molecule is O=[N+]([O-])c1ccc(Br)cc1NC1CCC(F)(F)CC1. The van der Waals surface area contributed by atoms with E-state index in [9.17, 15) is 18.9 Å². The molecule has 1 aliphatic carbocycles. The molecule has 0 heterocycles. The van der Waals surface area contributed by atoms with Crippen molar-refractivity contribution in [2.45, 2.75) is 37.6 Å². The minimum atomic E-state index is -2.60. The number of alkyl halides is 2. The Hall–Kier alpha value is -1.24. The molecule has 1 fully saturated rings. The molecule has 0 amide bonds. The lowest BCUT2D eigenvalue weighted by atomic mass is 9.92. The molecule has 1 saturated carbocycles. The molecule has 0 aliphatic heterocycles. The molecule has 7 heteroatoms. The summed E-state index contributed by atoms with van der Waals surface area (Å²) < 4.78 is 26.8. The third-order valence-corrected chi connectivity index (χ3v) is 3.73. The highest BCUT2D eigenvalue weighted by molar-refractivity contribution is 9.10. The quantitative estimate of drug-likeness (QED) is 0.660. The number of halogens is 3. The maximum Gasteiger partial charge on any atom is 0.292 e. The minimum absolute atomic E-state index is 0.0412. The van der Waals surface area contributed by atoms with Crippen molar-refractivity contribution in [1.29, 1.82) is 0 Å². The van der Waals surface area contributed by atoms with Gasteiger partial charge in [0.05, 0.1) is 4.92 Å². The molecular weight excluding hydrogens is 322 g/mol. The van der Waals surface area contributed by atoms with Crippen LogP contribution < -0.4 is 5.32 Å². The fourth-order valence-corrected chi connectivity index (χ4v) is 2.55. The number of hydrogen-bond acceptors (Lipinski definition) is 3. The normalized spacial score (nSPS) is 19.1. The fraction of sp³-hybridized carbons (Fsp3) is 0.500. The molecule has 0 spiro atoms. The van der Waals surface area contributed by atoms with Crippen LogP contribution in [0, 0.1) is 10.1 Å². The van der Waals surface area contributed by atoms with Crippen LogP contribution in [-0.4, -0.2) is 16.9 Å². The molecule has 0 atom stereocenters. The maximum absolute atomic E-state index is 13.0. The molecule has 1 aromatic rings. The Morgan fingerprint density at radius 1 is 1.37 bits per heavy atom. The van der Waals surface area contributed by atoms with E-state index in [0.717, 1.165) is 0 Å². The van der Waals surface area contributed by atoms with Crippen LogP contribution >= 0.6 is 15.9 Å². The topological polar surface area (TPSA) is 55.2 Å². The maximum atomic E-state index is 13.0. The van der Waals surface area contributed by atoms with Crippen LogP contribution in [-0.2, 0) is 0 Å². The summed E-state index contributed by atoms with van der Waals surface area (Å²) in [5.41, 5.74) is 0.329. The van der Waals surface area contributed by atoms with Crippen molar-refractivity contribution in [1.82, 2.24) is 0 Å². The summed E-state index contributed by atoms with van der Waals surface area (Å²) in [5.74, 6) is -2.60. The number of nitrogens with zero attached hydrogens (tertiary/aromatic N) is 1. The van der Waals surface area contributed by atoms with Gasteiger partial charge in [0.2, 0.25) is 5.92 Å². The minimum Gasteiger partial charge on any atom is -0.377 e. The Morgan fingerprint density at radius 3 is 2.58 bits per heavy atom. The van der Waals surface area contributed by atoms with Gasteiger partial charge in [0.25, 0.3) is 5.69 Å². The first-order chi connectivity index (χ1) is 8.87. The Bertz CT molecular complexity index is 487. The zero-order valence-electron chi connectivity index (χ0n) is 10.0. The van der Waals surface area contributed by atoms with Gasteiger partial charge >= 0.3 is 0 Å². The summed E-state index contributed by atoms with van der Waals surface area (Å²) >= 11 is 3.25. The number of benzene rings is 1. The molecule has 19 heavy (non-hydrogen) atoms. The van der Waals surface area contributed by atoms with Crippen LogP contribution in [0.4, 0.5) is 20.2 Å². The number of hydrogen-bond donors (Lipinski definition) is 1. The molecule has 0 unspecified atom stereocenters. The molecule has 0 bridgehead atoms. The van der Waals surface area contributed by atoms with E-state index in [4.69, 9.17) is 0 Å². The van der Waals surface area contributed by atoms with E-state index in [1.807, 2.05) is 0 Å². The second kappa shape index (κ2) is 5.40. The lowest BCUT2D eigenvalue weighted by Gasteiger charge is -2.29. The van der Waals surface area contributed by atoms with Gasteiger partial charge in [-0.05, 0) is 25.0 Å². The van der Waals surface area contributed by atoms with E-state index >= 15 is 0 Å². The first kappa shape index (κ1) is 14.2. The molecule has 4 nitrogen and oxygen atoms in total. The highest BCUT2D eigenvalue weighted by Crippen LogP contribution is 2.36. The van der Waals surface area contributed by atoms with Crippen LogP contribution in [0.2, 0.25) is 0 Å². The van der Waals surface area contributed by atoms with E-state index in [-0.39, 0.29) is 24.6 Å². The smallest absolute Gasteiger partial charge is 0.292 e. The lowest BCUT2D eigenvalue weighted by molar-refractivity contribution is -0.384. The molecule has 1 aliphatic rings. The second-order valence-electron chi connectivity index (χ2n) is 4.69. The summed E-state index contributed by atoms with van der Waals surface area (Å²) in [6, 6.07) is 4.43. The lowest BCUT2D eigenvalue weighted by Crippen LogP contribution is -2.32. The molecule has 0 radical (unpaired) electrons. The summed E-state index contributed by atoms with van der Waals surface area (Å²) in [6.07, 6.45) is 0.284. The zero-order chi connectivity index (χ0) is 14.0. The van der Waals surface area contributed by atoms with Crippen LogP contribution in [0.1, 0.15) is 25.7 Å². The number of nitrogens with one attached hydrogen (secondary N) is 1. The molecule has 0 aromatic heterocycles. The number of nitro benzene ring substituents is 1.